The summed E-state index contributed by atoms with van der Waals surface area (Å²) >= 11 is 3.51. The minimum absolute atomic E-state index is 0.0127. The van der Waals surface area contributed by atoms with Crippen LogP contribution in [-0.2, 0) is 9.59 Å². The van der Waals surface area contributed by atoms with Gasteiger partial charge in [0.25, 0.3) is 0 Å². The molecule has 1 N–H and O–H groups in total. The van der Waals surface area contributed by atoms with Gasteiger partial charge in [-0.1, -0.05) is 59.6 Å². The van der Waals surface area contributed by atoms with Crippen molar-refractivity contribution in [2.75, 3.05) is 11.9 Å². The third kappa shape index (κ3) is 3.93. The first kappa shape index (κ1) is 17.7. The van der Waals surface area contributed by atoms with E-state index in [1.165, 1.54) is 0 Å². The van der Waals surface area contributed by atoms with Gasteiger partial charge in [-0.25, -0.2) is 0 Å². The molecule has 0 saturated heterocycles. The number of nitrogens with zero attached hydrogens (tertiary/aromatic N) is 1. The number of carbonyl (C=O) groups excluding carboxylic acids is 2. The Morgan fingerprint density at radius 2 is 2.00 bits per heavy atom. The van der Waals surface area contributed by atoms with Crippen LogP contribution in [0.5, 0.6) is 0 Å². The Balaban J connectivity index is 2.12. The molecule has 1 heterocycles. The van der Waals surface area contributed by atoms with E-state index in [9.17, 15) is 9.59 Å². The molecule has 130 valence electrons. The zero-order chi connectivity index (χ0) is 17.8. The van der Waals surface area contributed by atoms with E-state index in [4.69, 9.17) is 0 Å². The molecule has 25 heavy (non-hydrogen) atoms. The SMILES string of the molecule is CCCCC(=O)N1CC(=O)Nc2ccc(Br)cc2[C@H]1c1ccccc1. The smallest absolute Gasteiger partial charge is 0.244 e. The first-order valence-electron chi connectivity index (χ1n) is 8.54. The predicted molar refractivity (Wildman–Crippen MR) is 102 cm³/mol. The van der Waals surface area contributed by atoms with E-state index in [1.807, 2.05) is 48.5 Å². The number of nitrogens with one attached hydrogen (secondary N) is 1. The van der Waals surface area contributed by atoms with Crippen LogP contribution in [-0.4, -0.2) is 23.3 Å². The monoisotopic (exact) mass is 400 g/mol. The van der Waals surface area contributed by atoms with Crippen molar-refractivity contribution in [1.82, 2.24) is 4.90 Å². The molecule has 2 aromatic rings. The molecule has 1 atom stereocenters. The Labute approximate surface area is 156 Å². The molecule has 2 amide bonds. The van der Waals surface area contributed by atoms with Crippen molar-refractivity contribution in [1.29, 1.82) is 0 Å². The van der Waals surface area contributed by atoms with Crippen molar-refractivity contribution in [2.24, 2.45) is 0 Å². The number of hydrogen-bond acceptors (Lipinski definition) is 2. The molecule has 0 aromatic heterocycles. The molecule has 0 unspecified atom stereocenters. The third-order valence-corrected chi connectivity index (χ3v) is 4.88. The number of amides is 2. The maximum absolute atomic E-state index is 12.9. The fraction of sp³-hybridized carbons (Fsp3) is 0.300. The lowest BCUT2D eigenvalue weighted by Gasteiger charge is -2.30. The number of halogens is 1. The van der Waals surface area contributed by atoms with Crippen LogP contribution in [0.4, 0.5) is 5.69 Å². The van der Waals surface area contributed by atoms with Gasteiger partial charge < -0.3 is 10.2 Å². The van der Waals surface area contributed by atoms with Gasteiger partial charge in [-0.15, -0.1) is 0 Å². The lowest BCUT2D eigenvalue weighted by atomic mass is 9.95. The quantitative estimate of drug-likeness (QED) is 0.820. The van der Waals surface area contributed by atoms with Crippen LogP contribution in [0, 0.1) is 0 Å². The minimum atomic E-state index is -0.281. The lowest BCUT2D eigenvalue weighted by molar-refractivity contribution is -0.136. The molecule has 0 saturated carbocycles. The largest absolute Gasteiger partial charge is 0.324 e. The van der Waals surface area contributed by atoms with Crippen molar-refractivity contribution in [3.05, 3.63) is 64.1 Å². The number of rotatable bonds is 4. The van der Waals surface area contributed by atoms with Crippen LogP contribution < -0.4 is 5.32 Å². The van der Waals surface area contributed by atoms with E-state index in [1.54, 1.807) is 4.90 Å². The van der Waals surface area contributed by atoms with Gasteiger partial charge in [-0.2, -0.15) is 0 Å². The van der Waals surface area contributed by atoms with Crippen LogP contribution in [0.25, 0.3) is 0 Å². The number of anilines is 1. The maximum atomic E-state index is 12.9. The normalized spacial score (nSPS) is 16.8. The molecule has 1 aliphatic rings. The molecule has 3 rings (SSSR count). The van der Waals surface area contributed by atoms with Crippen LogP contribution in [0.1, 0.15) is 43.4 Å². The van der Waals surface area contributed by atoms with E-state index in [2.05, 4.69) is 28.2 Å². The van der Waals surface area contributed by atoms with Crippen LogP contribution in [0.3, 0.4) is 0 Å². The van der Waals surface area contributed by atoms with Gasteiger partial charge in [-0.3, -0.25) is 9.59 Å². The molecule has 0 aliphatic carbocycles. The minimum Gasteiger partial charge on any atom is -0.324 e. The zero-order valence-corrected chi connectivity index (χ0v) is 15.8. The Kier molecular flexibility index (Phi) is 5.53. The lowest BCUT2D eigenvalue weighted by Crippen LogP contribution is -2.38. The summed E-state index contributed by atoms with van der Waals surface area (Å²) in [6, 6.07) is 15.4. The molecule has 0 bridgehead atoms. The Morgan fingerprint density at radius 1 is 1.24 bits per heavy atom. The molecule has 2 aromatic carbocycles. The molecule has 5 heteroatoms. The molecular formula is C20H21BrN2O2. The van der Waals surface area contributed by atoms with E-state index in [-0.39, 0.29) is 24.4 Å². The summed E-state index contributed by atoms with van der Waals surface area (Å²) in [5.41, 5.74) is 2.69. The highest BCUT2D eigenvalue weighted by Gasteiger charge is 2.33. The average Bonchev–Trinajstić information content (AvgIpc) is 2.76. The number of hydrogen-bond donors (Lipinski definition) is 1. The van der Waals surface area contributed by atoms with Gasteiger partial charge in [0.05, 0.1) is 6.04 Å². The van der Waals surface area contributed by atoms with Gasteiger partial charge in [0, 0.05) is 22.1 Å². The van der Waals surface area contributed by atoms with E-state index >= 15 is 0 Å². The van der Waals surface area contributed by atoms with Gasteiger partial charge >= 0.3 is 0 Å². The number of fused-ring (bicyclic) bond motifs is 1. The van der Waals surface area contributed by atoms with Crippen LogP contribution >= 0.6 is 15.9 Å². The van der Waals surface area contributed by atoms with E-state index in [0.717, 1.165) is 34.1 Å². The van der Waals surface area contributed by atoms with Gasteiger partial charge in [0.15, 0.2) is 0 Å². The summed E-state index contributed by atoms with van der Waals surface area (Å²) in [5, 5.41) is 2.94. The highest BCUT2D eigenvalue weighted by atomic mass is 79.9. The predicted octanol–water partition coefficient (Wildman–Crippen LogP) is 4.51. The highest BCUT2D eigenvalue weighted by Crippen LogP contribution is 2.37. The fourth-order valence-corrected chi connectivity index (χ4v) is 3.55. The Bertz CT molecular complexity index is 777. The molecule has 0 fully saturated rings. The fourth-order valence-electron chi connectivity index (χ4n) is 3.18. The molecular weight excluding hydrogens is 380 g/mol. The van der Waals surface area contributed by atoms with Crippen molar-refractivity contribution in [3.8, 4) is 0 Å². The van der Waals surface area contributed by atoms with Gasteiger partial charge in [0.2, 0.25) is 11.8 Å². The van der Waals surface area contributed by atoms with E-state index < -0.39 is 0 Å². The zero-order valence-electron chi connectivity index (χ0n) is 14.2. The van der Waals surface area contributed by atoms with E-state index in [0.29, 0.717) is 6.42 Å². The second-order valence-electron chi connectivity index (χ2n) is 6.22. The van der Waals surface area contributed by atoms with Crippen molar-refractivity contribution in [2.45, 2.75) is 32.2 Å². The maximum Gasteiger partial charge on any atom is 0.244 e. The molecule has 1 aliphatic heterocycles. The van der Waals surface area contributed by atoms with Crippen molar-refractivity contribution >= 4 is 33.4 Å². The van der Waals surface area contributed by atoms with Crippen LogP contribution in [0.2, 0.25) is 0 Å². The topological polar surface area (TPSA) is 49.4 Å². The second kappa shape index (κ2) is 7.83. The summed E-state index contributed by atoms with van der Waals surface area (Å²) < 4.78 is 0.921. The average molecular weight is 401 g/mol. The standard InChI is InChI=1S/C20H21BrN2O2/c1-2-3-9-19(25)23-13-18(24)22-17-11-10-15(21)12-16(17)20(23)14-7-5-4-6-8-14/h4-8,10-12,20H,2-3,9,13H2,1H3,(H,22,24)/t20-/m1/s1. The molecule has 0 radical (unpaired) electrons. The number of unbranched alkanes of at least 4 members (excludes halogenated alkanes) is 1. The summed E-state index contributed by atoms with van der Waals surface area (Å²) in [4.78, 5) is 27.0. The van der Waals surface area contributed by atoms with Gasteiger partial charge in [0.1, 0.15) is 6.54 Å². The van der Waals surface area contributed by atoms with Crippen molar-refractivity contribution < 1.29 is 9.59 Å². The summed E-state index contributed by atoms with van der Waals surface area (Å²) in [6.45, 7) is 2.12. The summed E-state index contributed by atoms with van der Waals surface area (Å²) in [6.07, 6.45) is 2.23. The Hall–Kier alpha value is -2.14. The highest BCUT2D eigenvalue weighted by molar-refractivity contribution is 9.10. The van der Waals surface area contributed by atoms with Crippen LogP contribution in [0.15, 0.2) is 53.0 Å². The number of benzene rings is 2. The summed E-state index contributed by atoms with van der Waals surface area (Å²) in [5.74, 6) is -0.148. The van der Waals surface area contributed by atoms with Gasteiger partial charge in [-0.05, 0) is 30.2 Å². The third-order valence-electron chi connectivity index (χ3n) is 4.39. The molecule has 0 spiro atoms. The first-order chi connectivity index (χ1) is 12.1. The molecule has 4 nitrogen and oxygen atoms in total. The summed E-state index contributed by atoms with van der Waals surface area (Å²) in [7, 11) is 0. The van der Waals surface area contributed by atoms with Crippen molar-refractivity contribution in [3.63, 3.8) is 0 Å². The number of carbonyl (C=O) groups is 2. The second-order valence-corrected chi connectivity index (χ2v) is 7.13. The first-order valence-corrected chi connectivity index (χ1v) is 9.33. The Morgan fingerprint density at radius 3 is 2.72 bits per heavy atom.